The van der Waals surface area contributed by atoms with Crippen molar-refractivity contribution < 1.29 is 27.5 Å². The molecule has 1 saturated heterocycles. The summed E-state index contributed by atoms with van der Waals surface area (Å²) >= 11 is 0. The van der Waals surface area contributed by atoms with Crippen LogP contribution < -0.4 is 10.2 Å². The Morgan fingerprint density at radius 2 is 1.68 bits per heavy atom. The van der Waals surface area contributed by atoms with E-state index in [9.17, 15) is 22.8 Å². The van der Waals surface area contributed by atoms with E-state index >= 15 is 0 Å². The van der Waals surface area contributed by atoms with Crippen LogP contribution in [0.2, 0.25) is 0 Å². The lowest BCUT2D eigenvalue weighted by Crippen LogP contribution is -2.46. The Kier molecular flexibility index (Phi) is 9.07. The van der Waals surface area contributed by atoms with Gasteiger partial charge in [-0.05, 0) is 58.2 Å². The van der Waals surface area contributed by atoms with Crippen LogP contribution in [0.1, 0.15) is 50.4 Å². The van der Waals surface area contributed by atoms with Crippen LogP contribution in [0, 0.1) is 0 Å². The van der Waals surface area contributed by atoms with Crippen LogP contribution >= 0.6 is 0 Å². The zero-order valence-corrected chi connectivity index (χ0v) is 21.7. The summed E-state index contributed by atoms with van der Waals surface area (Å²) in [7, 11) is 0.506. The fourth-order valence-corrected chi connectivity index (χ4v) is 4.47. The highest BCUT2D eigenvalue weighted by molar-refractivity contribution is 7.89. The minimum atomic E-state index is -3.77. The highest BCUT2D eigenvalue weighted by Gasteiger charge is 2.26. The number of nitrogens with one attached hydrogen (secondary N) is 1. The number of esters is 1. The molecular formula is C23H36N4O6S. The zero-order chi connectivity index (χ0) is 25.7. The molecule has 0 bridgehead atoms. The predicted molar refractivity (Wildman–Crippen MR) is 129 cm³/mol. The summed E-state index contributed by atoms with van der Waals surface area (Å²) in [5.74, 6) is -1.67. The number of hydrogen-bond donors (Lipinski definition) is 1. The summed E-state index contributed by atoms with van der Waals surface area (Å²) < 4.78 is 31.6. The molecule has 0 unspecified atom stereocenters. The molecule has 0 spiro atoms. The third kappa shape index (κ3) is 7.42. The van der Waals surface area contributed by atoms with Crippen LogP contribution in [0.5, 0.6) is 0 Å². The molecule has 1 aliphatic rings. The normalized spacial score (nSPS) is 14.6. The number of likely N-dealkylation sites (N-methyl/N-ethyl adjacent to an activating group) is 1. The van der Waals surface area contributed by atoms with Crippen LogP contribution in [0.4, 0.5) is 5.69 Å². The molecular weight excluding hydrogens is 460 g/mol. The lowest BCUT2D eigenvalue weighted by atomic mass is 10.1. The number of anilines is 1. The van der Waals surface area contributed by atoms with Crippen LogP contribution in [0.25, 0.3) is 0 Å². The van der Waals surface area contributed by atoms with Crippen molar-refractivity contribution in [1.29, 1.82) is 0 Å². The molecule has 190 valence electrons. The van der Waals surface area contributed by atoms with E-state index in [2.05, 4.69) is 5.32 Å². The summed E-state index contributed by atoms with van der Waals surface area (Å²) in [6.45, 7) is 6.23. The molecule has 34 heavy (non-hydrogen) atoms. The molecule has 1 aliphatic heterocycles. The van der Waals surface area contributed by atoms with E-state index in [4.69, 9.17) is 4.74 Å². The van der Waals surface area contributed by atoms with Gasteiger partial charge in [0.1, 0.15) is 0 Å². The van der Waals surface area contributed by atoms with Gasteiger partial charge < -0.3 is 19.9 Å². The van der Waals surface area contributed by atoms with Gasteiger partial charge in [-0.25, -0.2) is 17.5 Å². The molecule has 0 saturated carbocycles. The Morgan fingerprint density at radius 1 is 1.06 bits per heavy atom. The lowest BCUT2D eigenvalue weighted by molar-refractivity contribution is -0.137. The van der Waals surface area contributed by atoms with Gasteiger partial charge in [0.25, 0.3) is 5.91 Å². The standard InChI is InChI=1S/C23H36N4O6S/c1-23(2,3)24-20(28)15-26(6)21(29)16-33-22(30)18-14-17(34(31,32)25(4)5)10-11-19(18)27-12-8-7-9-13-27/h10-11,14H,7-9,12-13,15-16H2,1-6H3,(H,24,28). The van der Waals surface area contributed by atoms with Gasteiger partial charge >= 0.3 is 5.97 Å². The maximum absolute atomic E-state index is 13.0. The largest absolute Gasteiger partial charge is 0.452 e. The third-order valence-corrected chi connectivity index (χ3v) is 7.12. The van der Waals surface area contributed by atoms with Crippen molar-refractivity contribution in [3.63, 3.8) is 0 Å². The molecule has 1 aromatic rings. The first-order valence-electron chi connectivity index (χ1n) is 11.3. The van der Waals surface area contributed by atoms with Crippen molar-refractivity contribution in [2.45, 2.75) is 50.5 Å². The fraction of sp³-hybridized carbons (Fsp3) is 0.609. The van der Waals surface area contributed by atoms with Crippen LogP contribution in [0.3, 0.4) is 0 Å². The third-order valence-electron chi connectivity index (χ3n) is 5.31. The highest BCUT2D eigenvalue weighted by Crippen LogP contribution is 2.28. The predicted octanol–water partition coefficient (Wildman–Crippen LogP) is 1.46. The number of sulfonamides is 1. The average Bonchev–Trinajstić information content (AvgIpc) is 2.75. The second-order valence-corrected chi connectivity index (χ2v) is 11.8. The Balaban J connectivity index is 2.19. The van der Waals surface area contributed by atoms with Gasteiger partial charge in [-0.3, -0.25) is 9.59 Å². The summed E-state index contributed by atoms with van der Waals surface area (Å²) in [5.41, 5.74) is 0.231. The first-order chi connectivity index (χ1) is 15.7. The molecule has 1 heterocycles. The number of benzene rings is 1. The van der Waals surface area contributed by atoms with E-state index in [1.165, 1.54) is 38.2 Å². The van der Waals surface area contributed by atoms with Gasteiger partial charge in [-0.1, -0.05) is 0 Å². The lowest BCUT2D eigenvalue weighted by Gasteiger charge is -2.30. The summed E-state index contributed by atoms with van der Waals surface area (Å²) in [5, 5.41) is 2.76. The number of hydrogen-bond acceptors (Lipinski definition) is 7. The van der Waals surface area contributed by atoms with E-state index in [0.29, 0.717) is 5.69 Å². The summed E-state index contributed by atoms with van der Waals surface area (Å²) in [6.07, 6.45) is 3.02. The monoisotopic (exact) mass is 496 g/mol. The average molecular weight is 497 g/mol. The Morgan fingerprint density at radius 3 is 2.24 bits per heavy atom. The molecule has 11 heteroatoms. The van der Waals surface area contributed by atoms with Crippen LogP contribution in [-0.4, -0.2) is 88.3 Å². The maximum Gasteiger partial charge on any atom is 0.340 e. The molecule has 0 radical (unpaired) electrons. The minimum Gasteiger partial charge on any atom is -0.452 e. The van der Waals surface area contributed by atoms with Crippen molar-refractivity contribution in [2.75, 3.05) is 52.3 Å². The molecule has 0 aromatic heterocycles. The second kappa shape index (κ2) is 11.2. The van der Waals surface area contributed by atoms with Crippen molar-refractivity contribution in [3.05, 3.63) is 23.8 Å². The molecule has 2 rings (SSSR count). The van der Waals surface area contributed by atoms with Gasteiger partial charge in [-0.2, -0.15) is 0 Å². The molecule has 2 amide bonds. The molecule has 1 N–H and O–H groups in total. The summed E-state index contributed by atoms with van der Waals surface area (Å²) in [6, 6.07) is 4.39. The minimum absolute atomic E-state index is 0.0347. The van der Waals surface area contributed by atoms with E-state index in [0.717, 1.165) is 36.7 Å². The fourth-order valence-electron chi connectivity index (χ4n) is 3.54. The topological polar surface area (TPSA) is 116 Å². The number of nitrogens with zero attached hydrogens (tertiary/aromatic N) is 3. The Hall–Kier alpha value is -2.66. The van der Waals surface area contributed by atoms with Crippen LogP contribution in [-0.2, 0) is 24.3 Å². The number of rotatable bonds is 8. The van der Waals surface area contributed by atoms with Gasteiger partial charge in [0.15, 0.2) is 6.61 Å². The number of amides is 2. The molecule has 0 atom stereocenters. The number of piperidine rings is 1. The Bertz CT molecular complexity index is 1010. The first kappa shape index (κ1) is 27.6. The maximum atomic E-state index is 13.0. The summed E-state index contributed by atoms with van der Waals surface area (Å²) in [4.78, 5) is 40.6. The molecule has 0 aliphatic carbocycles. The van der Waals surface area contributed by atoms with E-state index < -0.39 is 34.0 Å². The molecule has 1 aromatic carbocycles. The SMILES string of the molecule is CN(CC(=O)NC(C)(C)C)C(=O)COC(=O)c1cc(S(=O)(=O)N(C)C)ccc1N1CCCCC1. The van der Waals surface area contributed by atoms with Crippen molar-refractivity contribution >= 4 is 33.5 Å². The van der Waals surface area contributed by atoms with E-state index in [1.807, 2.05) is 25.7 Å². The highest BCUT2D eigenvalue weighted by atomic mass is 32.2. The van der Waals surface area contributed by atoms with Crippen LogP contribution in [0.15, 0.2) is 23.1 Å². The number of ether oxygens (including phenoxy) is 1. The number of carbonyl (C=O) groups excluding carboxylic acids is 3. The van der Waals surface area contributed by atoms with Crippen molar-refractivity contribution in [3.8, 4) is 0 Å². The van der Waals surface area contributed by atoms with Gasteiger partial charge in [0.05, 0.1) is 22.7 Å². The van der Waals surface area contributed by atoms with Crippen molar-refractivity contribution in [1.82, 2.24) is 14.5 Å². The number of carbonyl (C=O) groups is 3. The Labute approximate surface area is 202 Å². The molecule has 1 fully saturated rings. The van der Waals surface area contributed by atoms with E-state index in [1.54, 1.807) is 6.07 Å². The van der Waals surface area contributed by atoms with E-state index in [-0.39, 0.29) is 22.9 Å². The molecule has 10 nitrogen and oxygen atoms in total. The smallest absolute Gasteiger partial charge is 0.340 e. The van der Waals surface area contributed by atoms with Crippen molar-refractivity contribution in [2.24, 2.45) is 0 Å². The quantitative estimate of drug-likeness (QED) is 0.542. The second-order valence-electron chi connectivity index (χ2n) is 9.64. The zero-order valence-electron chi connectivity index (χ0n) is 20.9. The van der Waals surface area contributed by atoms with Gasteiger partial charge in [0.2, 0.25) is 15.9 Å². The first-order valence-corrected chi connectivity index (χ1v) is 12.7. The van der Waals surface area contributed by atoms with Gasteiger partial charge in [-0.15, -0.1) is 0 Å². The van der Waals surface area contributed by atoms with Gasteiger partial charge in [0, 0.05) is 39.8 Å².